The Hall–Kier alpha value is -4.57. The maximum absolute atomic E-state index is 12.6. The topological polar surface area (TPSA) is 109 Å². The van der Waals surface area contributed by atoms with Gasteiger partial charge in [0.25, 0.3) is 5.91 Å². The Labute approximate surface area is 191 Å². The summed E-state index contributed by atoms with van der Waals surface area (Å²) in [5.41, 5.74) is 2.57. The smallest absolute Gasteiger partial charge is 0.337 e. The second-order valence-electron chi connectivity index (χ2n) is 7.16. The van der Waals surface area contributed by atoms with Crippen molar-refractivity contribution in [3.05, 3.63) is 94.6 Å². The molecule has 7 heteroatoms. The fourth-order valence-corrected chi connectivity index (χ4v) is 3.02. The van der Waals surface area contributed by atoms with E-state index in [1.54, 1.807) is 30.3 Å². The highest BCUT2D eigenvalue weighted by atomic mass is 16.5. The van der Waals surface area contributed by atoms with Gasteiger partial charge in [-0.25, -0.2) is 4.79 Å². The second-order valence-corrected chi connectivity index (χ2v) is 7.16. The maximum Gasteiger partial charge on any atom is 0.337 e. The number of ether oxygens (including phenoxy) is 2. The number of nitrogens with zero attached hydrogens (tertiary/aromatic N) is 1. The van der Waals surface area contributed by atoms with Crippen LogP contribution in [-0.2, 0) is 11.4 Å². The van der Waals surface area contributed by atoms with Crippen molar-refractivity contribution in [3.63, 3.8) is 0 Å². The van der Waals surface area contributed by atoms with Crippen molar-refractivity contribution >= 4 is 23.6 Å². The summed E-state index contributed by atoms with van der Waals surface area (Å²) in [6, 6.07) is 20.9. The number of carboxylic acids is 1. The number of amides is 1. The lowest BCUT2D eigenvalue weighted by molar-refractivity contribution is -0.112. The van der Waals surface area contributed by atoms with Crippen LogP contribution in [0.5, 0.6) is 11.5 Å². The Morgan fingerprint density at radius 3 is 2.45 bits per heavy atom. The van der Waals surface area contributed by atoms with Gasteiger partial charge in [-0.15, -0.1) is 0 Å². The summed E-state index contributed by atoms with van der Waals surface area (Å²) in [5, 5.41) is 21.2. The van der Waals surface area contributed by atoms with Gasteiger partial charge < -0.3 is 19.9 Å². The van der Waals surface area contributed by atoms with Crippen molar-refractivity contribution in [1.29, 1.82) is 5.26 Å². The Bertz CT molecular complexity index is 1240. The molecule has 0 saturated carbocycles. The van der Waals surface area contributed by atoms with E-state index in [1.165, 1.54) is 25.3 Å². The van der Waals surface area contributed by atoms with Gasteiger partial charge in [0.2, 0.25) is 0 Å². The fourth-order valence-electron chi connectivity index (χ4n) is 3.02. The van der Waals surface area contributed by atoms with Crippen LogP contribution in [0.15, 0.2) is 72.3 Å². The highest BCUT2D eigenvalue weighted by Gasteiger charge is 2.15. The molecule has 0 atom stereocenters. The lowest BCUT2D eigenvalue weighted by Crippen LogP contribution is -2.16. The Kier molecular flexibility index (Phi) is 7.45. The zero-order chi connectivity index (χ0) is 23.8. The van der Waals surface area contributed by atoms with Gasteiger partial charge in [-0.3, -0.25) is 4.79 Å². The summed E-state index contributed by atoms with van der Waals surface area (Å²) in [6.07, 6.45) is 1.39. The van der Waals surface area contributed by atoms with Gasteiger partial charge in [0, 0.05) is 0 Å². The molecule has 3 rings (SSSR count). The third kappa shape index (κ3) is 5.99. The molecule has 0 aliphatic rings. The number of hydrogen-bond acceptors (Lipinski definition) is 5. The van der Waals surface area contributed by atoms with Crippen LogP contribution in [-0.4, -0.2) is 24.1 Å². The Morgan fingerprint density at radius 2 is 1.79 bits per heavy atom. The summed E-state index contributed by atoms with van der Waals surface area (Å²) in [7, 11) is 1.50. The molecule has 33 heavy (non-hydrogen) atoms. The highest BCUT2D eigenvalue weighted by molar-refractivity contribution is 6.11. The number of carboxylic acid groups (broad SMARTS) is 1. The van der Waals surface area contributed by atoms with E-state index < -0.39 is 11.9 Å². The SMILES string of the molecule is COc1cc(/C=C(\C#N)C(=O)Nc2ccccc2C(=O)O)ccc1OCc1ccc(C)cc1. The number of benzene rings is 3. The molecule has 0 saturated heterocycles. The van der Waals surface area contributed by atoms with Crippen LogP contribution in [0.2, 0.25) is 0 Å². The number of hydrogen-bond donors (Lipinski definition) is 2. The Morgan fingerprint density at radius 1 is 1.06 bits per heavy atom. The van der Waals surface area contributed by atoms with E-state index in [0.29, 0.717) is 23.7 Å². The van der Waals surface area contributed by atoms with Gasteiger partial charge in [-0.05, 0) is 48.4 Å². The predicted molar refractivity (Wildman–Crippen MR) is 124 cm³/mol. The molecule has 2 N–H and O–H groups in total. The molecule has 0 heterocycles. The number of rotatable bonds is 8. The monoisotopic (exact) mass is 442 g/mol. The third-order valence-electron chi connectivity index (χ3n) is 4.78. The number of carbonyl (C=O) groups is 2. The van der Waals surface area contributed by atoms with Gasteiger partial charge in [-0.2, -0.15) is 5.26 Å². The molecule has 0 aromatic heterocycles. The van der Waals surface area contributed by atoms with Crippen LogP contribution >= 0.6 is 0 Å². The van der Waals surface area contributed by atoms with Crippen LogP contribution < -0.4 is 14.8 Å². The highest BCUT2D eigenvalue weighted by Crippen LogP contribution is 2.30. The first-order chi connectivity index (χ1) is 15.9. The van der Waals surface area contributed by atoms with Gasteiger partial charge in [0.05, 0.1) is 18.4 Å². The molecule has 0 unspecified atom stereocenters. The minimum absolute atomic E-state index is 0.0695. The van der Waals surface area contributed by atoms with Gasteiger partial charge in [0.15, 0.2) is 11.5 Å². The number of nitrogens with one attached hydrogen (secondary N) is 1. The summed E-state index contributed by atoms with van der Waals surface area (Å²) in [4.78, 5) is 23.9. The minimum Gasteiger partial charge on any atom is -0.493 e. The molecule has 3 aromatic carbocycles. The number of anilines is 1. The molecular weight excluding hydrogens is 420 g/mol. The van der Waals surface area contributed by atoms with Crippen LogP contribution in [0.1, 0.15) is 27.0 Å². The summed E-state index contributed by atoms with van der Waals surface area (Å²) < 4.78 is 11.3. The minimum atomic E-state index is -1.18. The zero-order valence-electron chi connectivity index (χ0n) is 18.2. The van der Waals surface area contributed by atoms with Crippen molar-refractivity contribution in [2.45, 2.75) is 13.5 Å². The van der Waals surface area contributed by atoms with E-state index in [2.05, 4.69) is 5.32 Å². The van der Waals surface area contributed by atoms with E-state index in [1.807, 2.05) is 37.3 Å². The number of nitriles is 1. The summed E-state index contributed by atoms with van der Waals surface area (Å²) in [5.74, 6) is -0.928. The number of aromatic carboxylic acids is 1. The molecule has 0 bridgehead atoms. The van der Waals surface area contributed by atoms with E-state index in [9.17, 15) is 20.0 Å². The summed E-state index contributed by atoms with van der Waals surface area (Å²) in [6.45, 7) is 2.38. The fraction of sp³-hybridized carbons (Fsp3) is 0.115. The molecule has 166 valence electrons. The number of carbonyl (C=O) groups excluding carboxylic acids is 1. The second kappa shape index (κ2) is 10.6. The lowest BCUT2D eigenvalue weighted by Gasteiger charge is -2.12. The van der Waals surface area contributed by atoms with Crippen molar-refractivity contribution in [2.24, 2.45) is 0 Å². The molecule has 0 spiro atoms. The molecular formula is C26H22N2O5. The van der Waals surface area contributed by atoms with Gasteiger partial charge in [0.1, 0.15) is 18.2 Å². The lowest BCUT2D eigenvalue weighted by atomic mass is 10.1. The quantitative estimate of drug-likeness (QED) is 0.382. The number of methoxy groups -OCH3 is 1. The molecule has 0 fully saturated rings. The third-order valence-corrected chi connectivity index (χ3v) is 4.78. The molecule has 0 aliphatic carbocycles. The average Bonchev–Trinajstić information content (AvgIpc) is 2.82. The van der Waals surface area contributed by atoms with Crippen molar-refractivity contribution in [1.82, 2.24) is 0 Å². The average molecular weight is 442 g/mol. The molecule has 7 nitrogen and oxygen atoms in total. The molecule has 0 aliphatic heterocycles. The van der Waals surface area contributed by atoms with Crippen LogP contribution in [0.4, 0.5) is 5.69 Å². The van der Waals surface area contributed by atoms with Gasteiger partial charge in [-0.1, -0.05) is 48.0 Å². The largest absolute Gasteiger partial charge is 0.493 e. The first-order valence-electron chi connectivity index (χ1n) is 10.0. The van der Waals surface area contributed by atoms with Crippen LogP contribution in [0.25, 0.3) is 6.08 Å². The van der Waals surface area contributed by atoms with Crippen molar-refractivity contribution in [3.8, 4) is 17.6 Å². The number of aryl methyl sites for hydroxylation is 1. The van der Waals surface area contributed by atoms with E-state index in [0.717, 1.165) is 11.1 Å². The van der Waals surface area contributed by atoms with Crippen LogP contribution in [0, 0.1) is 18.3 Å². The van der Waals surface area contributed by atoms with Crippen LogP contribution in [0.3, 0.4) is 0 Å². The summed E-state index contributed by atoms with van der Waals surface area (Å²) >= 11 is 0. The molecule has 3 aromatic rings. The number of para-hydroxylation sites is 1. The van der Waals surface area contributed by atoms with E-state index in [-0.39, 0.29) is 16.8 Å². The first kappa shape index (κ1) is 23.1. The molecule has 1 amide bonds. The van der Waals surface area contributed by atoms with E-state index in [4.69, 9.17) is 9.47 Å². The van der Waals surface area contributed by atoms with E-state index >= 15 is 0 Å². The standard InChI is InChI=1S/C26H22N2O5/c1-17-7-9-18(10-8-17)16-33-23-12-11-19(14-24(23)32-2)13-20(15-27)25(29)28-22-6-4-3-5-21(22)26(30)31/h3-14H,16H2,1-2H3,(H,28,29)(H,30,31)/b20-13+. The Balaban J connectivity index is 1.78. The molecule has 0 radical (unpaired) electrons. The van der Waals surface area contributed by atoms with Crippen molar-refractivity contribution < 1.29 is 24.2 Å². The predicted octanol–water partition coefficient (Wildman–Crippen LogP) is 4.83. The van der Waals surface area contributed by atoms with Crippen molar-refractivity contribution in [2.75, 3.05) is 12.4 Å². The zero-order valence-corrected chi connectivity index (χ0v) is 18.2. The normalized spacial score (nSPS) is 10.8. The first-order valence-corrected chi connectivity index (χ1v) is 10.0. The maximum atomic E-state index is 12.6. The van der Waals surface area contributed by atoms with Gasteiger partial charge >= 0.3 is 5.97 Å².